The van der Waals surface area contributed by atoms with Crippen LogP contribution in [0.3, 0.4) is 0 Å². The summed E-state index contributed by atoms with van der Waals surface area (Å²) in [5, 5.41) is 3.88. The number of allylic oxidation sites excluding steroid dienone is 2. The highest BCUT2D eigenvalue weighted by atomic mass is 35.5. The third-order valence-electron chi connectivity index (χ3n) is 2.14. The van der Waals surface area contributed by atoms with Gasteiger partial charge in [-0.2, -0.15) is 0 Å². The second-order valence-electron chi connectivity index (χ2n) is 3.38. The summed E-state index contributed by atoms with van der Waals surface area (Å²) in [7, 11) is 0. The molecule has 0 amide bonds. The maximum atomic E-state index is 11.3. The lowest BCUT2D eigenvalue weighted by atomic mass is 10.2. The highest BCUT2D eigenvalue weighted by Crippen LogP contribution is 2.40. The van der Waals surface area contributed by atoms with E-state index in [2.05, 4.69) is 5.32 Å². The van der Waals surface area contributed by atoms with Gasteiger partial charge in [0.15, 0.2) is 5.78 Å². The minimum absolute atomic E-state index is 0.0885. The van der Waals surface area contributed by atoms with E-state index in [-0.39, 0.29) is 5.78 Å². The first-order valence-electron chi connectivity index (χ1n) is 4.54. The van der Waals surface area contributed by atoms with Crippen LogP contribution in [-0.4, -0.2) is 5.78 Å². The molecule has 1 heterocycles. The van der Waals surface area contributed by atoms with E-state index in [0.717, 1.165) is 21.2 Å². The molecule has 4 heteroatoms. The average molecular weight is 240 g/mol. The van der Waals surface area contributed by atoms with E-state index >= 15 is 0 Å². The van der Waals surface area contributed by atoms with E-state index in [1.54, 1.807) is 6.92 Å². The minimum atomic E-state index is 0.0885. The van der Waals surface area contributed by atoms with Gasteiger partial charge in [0.25, 0.3) is 0 Å². The fraction of sp³-hybridized carbons (Fsp3) is 0.182. The predicted molar refractivity (Wildman–Crippen MR) is 64.3 cm³/mol. The molecular formula is C11H10ClNOS. The fourth-order valence-corrected chi connectivity index (χ4v) is 2.57. The summed E-state index contributed by atoms with van der Waals surface area (Å²) in [5.74, 6) is 0.0885. The number of thioether (sulfide) groups is 1. The largest absolute Gasteiger partial charge is 0.357 e. The summed E-state index contributed by atoms with van der Waals surface area (Å²) in [6, 6.07) is 5.61. The highest BCUT2D eigenvalue weighted by Gasteiger charge is 2.18. The molecule has 1 N–H and O–H groups in total. The Balaban J connectivity index is 2.42. The molecule has 0 fully saturated rings. The van der Waals surface area contributed by atoms with Crippen LogP contribution in [0.5, 0.6) is 0 Å². The Kier molecular flexibility index (Phi) is 2.76. The van der Waals surface area contributed by atoms with Gasteiger partial charge >= 0.3 is 0 Å². The number of hydrogen-bond acceptors (Lipinski definition) is 3. The number of rotatable bonds is 1. The van der Waals surface area contributed by atoms with Crippen LogP contribution >= 0.6 is 23.4 Å². The summed E-state index contributed by atoms with van der Waals surface area (Å²) in [6.45, 7) is 3.47. The molecule has 2 nitrogen and oxygen atoms in total. The lowest BCUT2D eigenvalue weighted by molar-refractivity contribution is -0.113. The maximum absolute atomic E-state index is 11.3. The summed E-state index contributed by atoms with van der Waals surface area (Å²) < 4.78 is 0. The SMILES string of the molecule is CC(=O)C1=C(C)Nc2cc(Cl)ccc2S1. The van der Waals surface area contributed by atoms with Gasteiger partial charge in [-0.1, -0.05) is 23.4 Å². The summed E-state index contributed by atoms with van der Waals surface area (Å²) in [4.78, 5) is 13.1. The van der Waals surface area contributed by atoms with Crippen molar-refractivity contribution in [2.75, 3.05) is 5.32 Å². The van der Waals surface area contributed by atoms with Gasteiger partial charge in [-0.3, -0.25) is 4.79 Å². The molecule has 0 saturated carbocycles. The quantitative estimate of drug-likeness (QED) is 0.811. The van der Waals surface area contributed by atoms with Gasteiger partial charge in [0.05, 0.1) is 10.6 Å². The number of anilines is 1. The van der Waals surface area contributed by atoms with E-state index in [0.29, 0.717) is 5.02 Å². The number of ketones is 1. The second kappa shape index (κ2) is 3.91. The van der Waals surface area contributed by atoms with Gasteiger partial charge in [-0.15, -0.1) is 0 Å². The standard InChI is InChI=1S/C11H10ClNOS/c1-6-11(7(2)14)15-10-4-3-8(12)5-9(10)13-6/h3-5,13H,1-2H3. The van der Waals surface area contributed by atoms with Crippen molar-refractivity contribution in [1.29, 1.82) is 0 Å². The summed E-state index contributed by atoms with van der Waals surface area (Å²) >= 11 is 7.38. The van der Waals surface area contributed by atoms with Gasteiger partial charge in [-0.25, -0.2) is 0 Å². The fourth-order valence-electron chi connectivity index (χ4n) is 1.47. The molecule has 1 aromatic carbocycles. The zero-order valence-electron chi connectivity index (χ0n) is 8.43. The summed E-state index contributed by atoms with van der Waals surface area (Å²) in [6.07, 6.45) is 0. The van der Waals surface area contributed by atoms with E-state index < -0.39 is 0 Å². The maximum Gasteiger partial charge on any atom is 0.168 e. The molecule has 1 aliphatic rings. The summed E-state index contributed by atoms with van der Waals surface area (Å²) in [5.41, 5.74) is 1.86. The van der Waals surface area contributed by atoms with Crippen LogP contribution in [0.25, 0.3) is 0 Å². The van der Waals surface area contributed by atoms with E-state index in [1.165, 1.54) is 11.8 Å². The Hall–Kier alpha value is -0.930. The van der Waals surface area contributed by atoms with Crippen LogP contribution in [0.1, 0.15) is 13.8 Å². The van der Waals surface area contributed by atoms with Crippen molar-refractivity contribution in [3.8, 4) is 0 Å². The zero-order valence-corrected chi connectivity index (χ0v) is 10.00. The van der Waals surface area contributed by atoms with Crippen LogP contribution in [-0.2, 0) is 4.79 Å². The van der Waals surface area contributed by atoms with E-state index in [1.807, 2.05) is 25.1 Å². The van der Waals surface area contributed by atoms with Crippen LogP contribution in [0.4, 0.5) is 5.69 Å². The zero-order chi connectivity index (χ0) is 11.0. The van der Waals surface area contributed by atoms with E-state index in [4.69, 9.17) is 11.6 Å². The lowest BCUT2D eigenvalue weighted by Crippen LogP contribution is -2.09. The molecule has 1 aliphatic heterocycles. The number of carbonyl (C=O) groups is 1. The highest BCUT2D eigenvalue weighted by molar-refractivity contribution is 8.04. The Bertz CT molecular complexity index is 468. The second-order valence-corrected chi connectivity index (χ2v) is 4.87. The first-order valence-corrected chi connectivity index (χ1v) is 5.73. The van der Waals surface area contributed by atoms with Gasteiger partial charge < -0.3 is 5.32 Å². The van der Waals surface area contributed by atoms with Crippen molar-refractivity contribution < 1.29 is 4.79 Å². The Morgan fingerprint density at radius 1 is 1.47 bits per heavy atom. The first-order chi connectivity index (χ1) is 7.08. The third kappa shape index (κ3) is 2.03. The van der Waals surface area contributed by atoms with E-state index in [9.17, 15) is 4.79 Å². The van der Waals surface area contributed by atoms with Crippen molar-refractivity contribution in [1.82, 2.24) is 0 Å². The predicted octanol–water partition coefficient (Wildman–Crippen LogP) is 3.68. The molecule has 15 heavy (non-hydrogen) atoms. The molecule has 0 aromatic heterocycles. The van der Waals surface area contributed by atoms with Gasteiger partial charge in [0.2, 0.25) is 0 Å². The van der Waals surface area contributed by atoms with Crippen molar-refractivity contribution in [2.45, 2.75) is 18.7 Å². The number of nitrogens with one attached hydrogen (secondary N) is 1. The molecule has 0 aliphatic carbocycles. The molecule has 2 rings (SSSR count). The van der Waals surface area contributed by atoms with Crippen molar-refractivity contribution >= 4 is 34.8 Å². The average Bonchev–Trinajstić information content (AvgIpc) is 2.15. The number of benzene rings is 1. The number of halogens is 1. The molecule has 1 aromatic rings. The number of fused-ring (bicyclic) bond motifs is 1. The number of carbonyl (C=O) groups excluding carboxylic acids is 1. The smallest absolute Gasteiger partial charge is 0.168 e. The Labute approximate surface area is 97.7 Å². The topological polar surface area (TPSA) is 29.1 Å². The third-order valence-corrected chi connectivity index (χ3v) is 3.74. The molecule has 78 valence electrons. The minimum Gasteiger partial charge on any atom is -0.357 e. The normalized spacial score (nSPS) is 14.6. The Morgan fingerprint density at radius 3 is 2.87 bits per heavy atom. The molecule has 0 atom stereocenters. The molecular weight excluding hydrogens is 230 g/mol. The lowest BCUT2D eigenvalue weighted by Gasteiger charge is -2.20. The Morgan fingerprint density at radius 2 is 2.20 bits per heavy atom. The van der Waals surface area contributed by atoms with Crippen molar-refractivity contribution in [2.24, 2.45) is 0 Å². The van der Waals surface area contributed by atoms with Crippen LogP contribution in [0, 0.1) is 0 Å². The van der Waals surface area contributed by atoms with Crippen LogP contribution in [0.15, 0.2) is 33.7 Å². The van der Waals surface area contributed by atoms with Crippen molar-refractivity contribution in [3.63, 3.8) is 0 Å². The van der Waals surface area contributed by atoms with Gasteiger partial charge in [0.1, 0.15) is 0 Å². The molecule has 0 bridgehead atoms. The molecule has 0 saturated heterocycles. The molecule has 0 unspecified atom stereocenters. The molecule has 0 spiro atoms. The van der Waals surface area contributed by atoms with Gasteiger partial charge in [-0.05, 0) is 32.0 Å². The molecule has 0 radical (unpaired) electrons. The number of hydrogen-bond donors (Lipinski definition) is 1. The van der Waals surface area contributed by atoms with Gasteiger partial charge in [0, 0.05) is 15.6 Å². The van der Waals surface area contributed by atoms with Crippen LogP contribution in [0.2, 0.25) is 5.02 Å². The number of Topliss-reactive ketones (excluding diaryl/α,β-unsaturated/α-hetero) is 1. The first kappa shape index (κ1) is 10.6. The van der Waals surface area contributed by atoms with Crippen LogP contribution < -0.4 is 5.32 Å². The van der Waals surface area contributed by atoms with Crippen molar-refractivity contribution in [3.05, 3.63) is 33.8 Å². The monoisotopic (exact) mass is 239 g/mol.